The van der Waals surface area contributed by atoms with Gasteiger partial charge in [0.2, 0.25) is 0 Å². The zero-order valence-electron chi connectivity index (χ0n) is 20.6. The maximum Gasteiger partial charge on any atom is 0.323 e. The molecule has 36 heavy (non-hydrogen) atoms. The molecule has 1 aromatic heterocycles. The van der Waals surface area contributed by atoms with Gasteiger partial charge in [0, 0.05) is 28.9 Å². The summed E-state index contributed by atoms with van der Waals surface area (Å²) in [4.78, 5) is 17.1. The lowest BCUT2D eigenvalue weighted by molar-refractivity contribution is 0.262. The first-order valence-corrected chi connectivity index (χ1v) is 11.1. The standard InChI is InChI=1S/C27H26FN3O5/c1-15-9-10-19(30-27(32)31-20-8-6-7-18(28)26(20)35-5)16(2)25(15)36-22-11-12-29-21-14-24(34-4)23(33-3)13-17(21)22/h6-14H,1-5H3,(H2,30,31,32). The number of carbonyl (C=O) groups excluding carboxylic acids is 1. The van der Waals surface area contributed by atoms with Gasteiger partial charge in [-0.3, -0.25) is 4.98 Å². The SMILES string of the molecule is COc1cc2nccc(Oc3c(C)ccc(NC(=O)Nc4cccc(F)c4OC)c3C)c2cc1OC. The first kappa shape index (κ1) is 24.6. The predicted octanol–water partition coefficient (Wildman–Crippen LogP) is 6.45. The Balaban J connectivity index is 1.63. The highest BCUT2D eigenvalue weighted by Crippen LogP contribution is 2.39. The van der Waals surface area contributed by atoms with Crippen LogP contribution >= 0.6 is 0 Å². The zero-order valence-corrected chi connectivity index (χ0v) is 20.6. The van der Waals surface area contributed by atoms with Crippen LogP contribution in [0.4, 0.5) is 20.6 Å². The number of nitrogens with zero attached hydrogens (tertiary/aromatic N) is 1. The number of anilines is 2. The van der Waals surface area contributed by atoms with Crippen LogP contribution in [0.3, 0.4) is 0 Å². The van der Waals surface area contributed by atoms with Crippen molar-refractivity contribution in [1.82, 2.24) is 4.98 Å². The number of pyridine rings is 1. The number of benzene rings is 3. The second kappa shape index (κ2) is 10.4. The normalized spacial score (nSPS) is 10.6. The van der Waals surface area contributed by atoms with E-state index in [-0.39, 0.29) is 11.4 Å². The van der Waals surface area contributed by atoms with Crippen LogP contribution in [0.25, 0.3) is 10.9 Å². The van der Waals surface area contributed by atoms with E-state index in [9.17, 15) is 9.18 Å². The molecule has 8 nitrogen and oxygen atoms in total. The molecule has 4 rings (SSSR count). The first-order valence-electron chi connectivity index (χ1n) is 11.1. The number of halogens is 1. The van der Waals surface area contributed by atoms with Crippen molar-refractivity contribution in [2.45, 2.75) is 13.8 Å². The smallest absolute Gasteiger partial charge is 0.323 e. The van der Waals surface area contributed by atoms with Crippen LogP contribution in [0.5, 0.6) is 28.7 Å². The lowest BCUT2D eigenvalue weighted by Crippen LogP contribution is -2.20. The Kier molecular flexibility index (Phi) is 7.10. The molecule has 0 fully saturated rings. The molecule has 0 saturated heterocycles. The number of amides is 2. The van der Waals surface area contributed by atoms with Crippen molar-refractivity contribution < 1.29 is 28.1 Å². The molecule has 0 atom stereocenters. The third kappa shape index (κ3) is 4.81. The van der Waals surface area contributed by atoms with Crippen LogP contribution in [-0.4, -0.2) is 32.3 Å². The van der Waals surface area contributed by atoms with Gasteiger partial charge >= 0.3 is 6.03 Å². The summed E-state index contributed by atoms with van der Waals surface area (Å²) >= 11 is 0. The summed E-state index contributed by atoms with van der Waals surface area (Å²) in [6, 6.07) is 12.7. The van der Waals surface area contributed by atoms with Gasteiger partial charge in [-0.2, -0.15) is 0 Å². The Morgan fingerprint density at radius 2 is 1.56 bits per heavy atom. The Hall–Kier alpha value is -4.53. The van der Waals surface area contributed by atoms with E-state index in [1.54, 1.807) is 44.7 Å². The number of carbonyl (C=O) groups is 1. The van der Waals surface area contributed by atoms with Gasteiger partial charge in [-0.15, -0.1) is 0 Å². The number of rotatable bonds is 7. The molecule has 4 aromatic rings. The largest absolute Gasteiger partial charge is 0.493 e. The molecule has 2 amide bonds. The summed E-state index contributed by atoms with van der Waals surface area (Å²) in [5.74, 6) is 1.65. The average molecular weight is 492 g/mol. The molecule has 0 spiro atoms. The van der Waals surface area contributed by atoms with Gasteiger partial charge in [-0.05, 0) is 49.7 Å². The maximum absolute atomic E-state index is 14.0. The Morgan fingerprint density at radius 3 is 2.28 bits per heavy atom. The van der Waals surface area contributed by atoms with E-state index in [0.29, 0.717) is 39.8 Å². The van der Waals surface area contributed by atoms with Gasteiger partial charge in [0.1, 0.15) is 11.5 Å². The molecule has 3 aromatic carbocycles. The molecule has 0 bridgehead atoms. The summed E-state index contributed by atoms with van der Waals surface area (Å²) < 4.78 is 36.2. The van der Waals surface area contributed by atoms with Gasteiger partial charge in [-0.25, -0.2) is 9.18 Å². The summed E-state index contributed by atoms with van der Waals surface area (Å²) in [5.41, 5.74) is 3.00. The lowest BCUT2D eigenvalue weighted by atomic mass is 10.1. The van der Waals surface area contributed by atoms with E-state index in [4.69, 9.17) is 18.9 Å². The van der Waals surface area contributed by atoms with E-state index in [2.05, 4.69) is 15.6 Å². The highest BCUT2D eigenvalue weighted by atomic mass is 19.1. The Labute approximate surface area is 208 Å². The fourth-order valence-electron chi connectivity index (χ4n) is 3.86. The fourth-order valence-corrected chi connectivity index (χ4v) is 3.86. The Morgan fingerprint density at radius 1 is 0.833 bits per heavy atom. The maximum atomic E-state index is 14.0. The minimum absolute atomic E-state index is 0.0473. The van der Waals surface area contributed by atoms with Gasteiger partial charge < -0.3 is 29.6 Å². The zero-order chi connectivity index (χ0) is 25.8. The highest BCUT2D eigenvalue weighted by Gasteiger charge is 2.17. The number of nitrogens with one attached hydrogen (secondary N) is 2. The summed E-state index contributed by atoms with van der Waals surface area (Å²) in [6.45, 7) is 3.75. The number of ether oxygens (including phenoxy) is 4. The first-order chi connectivity index (χ1) is 17.4. The monoisotopic (exact) mass is 491 g/mol. The van der Waals surface area contributed by atoms with Crippen LogP contribution in [-0.2, 0) is 0 Å². The van der Waals surface area contributed by atoms with Gasteiger partial charge in [-0.1, -0.05) is 12.1 Å². The third-order valence-corrected chi connectivity index (χ3v) is 5.69. The lowest BCUT2D eigenvalue weighted by Gasteiger charge is -2.18. The van der Waals surface area contributed by atoms with Crippen LogP contribution in [0.1, 0.15) is 11.1 Å². The second-order valence-electron chi connectivity index (χ2n) is 7.92. The van der Waals surface area contributed by atoms with Gasteiger partial charge in [0.05, 0.1) is 32.5 Å². The minimum Gasteiger partial charge on any atom is -0.493 e. The van der Waals surface area contributed by atoms with Crippen molar-refractivity contribution in [3.63, 3.8) is 0 Å². The van der Waals surface area contributed by atoms with Crippen LogP contribution in [0.2, 0.25) is 0 Å². The number of fused-ring (bicyclic) bond motifs is 1. The molecule has 0 aliphatic rings. The van der Waals surface area contributed by atoms with E-state index < -0.39 is 11.8 Å². The van der Waals surface area contributed by atoms with E-state index in [1.807, 2.05) is 26.0 Å². The highest BCUT2D eigenvalue weighted by molar-refractivity contribution is 6.01. The van der Waals surface area contributed by atoms with Crippen LogP contribution in [0.15, 0.2) is 54.7 Å². The molecular weight excluding hydrogens is 465 g/mol. The van der Waals surface area contributed by atoms with Crippen molar-refractivity contribution in [3.05, 3.63) is 71.7 Å². The summed E-state index contributed by atoms with van der Waals surface area (Å²) in [5, 5.41) is 6.16. The van der Waals surface area contributed by atoms with E-state index in [0.717, 1.165) is 10.9 Å². The Bertz CT molecular complexity index is 1440. The predicted molar refractivity (Wildman–Crippen MR) is 136 cm³/mol. The van der Waals surface area contributed by atoms with Crippen LogP contribution in [0, 0.1) is 19.7 Å². The fraction of sp³-hybridized carbons (Fsp3) is 0.185. The van der Waals surface area contributed by atoms with Crippen molar-refractivity contribution in [1.29, 1.82) is 0 Å². The summed E-state index contributed by atoms with van der Waals surface area (Å²) in [7, 11) is 4.47. The van der Waals surface area contributed by atoms with E-state index >= 15 is 0 Å². The number of methoxy groups -OCH3 is 3. The third-order valence-electron chi connectivity index (χ3n) is 5.69. The molecule has 186 valence electrons. The number of hydrogen-bond acceptors (Lipinski definition) is 6. The number of aromatic nitrogens is 1. The quantitative estimate of drug-likeness (QED) is 0.309. The van der Waals surface area contributed by atoms with Gasteiger partial charge in [0.25, 0.3) is 0 Å². The average Bonchev–Trinajstić information content (AvgIpc) is 2.87. The van der Waals surface area contributed by atoms with Crippen molar-refractivity contribution >= 4 is 28.3 Å². The second-order valence-corrected chi connectivity index (χ2v) is 7.92. The van der Waals surface area contributed by atoms with Gasteiger partial charge in [0.15, 0.2) is 23.1 Å². The van der Waals surface area contributed by atoms with Crippen molar-refractivity contribution in [2.75, 3.05) is 32.0 Å². The molecule has 2 N–H and O–H groups in total. The molecule has 0 radical (unpaired) electrons. The van der Waals surface area contributed by atoms with Crippen LogP contribution < -0.4 is 29.6 Å². The number of hydrogen-bond donors (Lipinski definition) is 2. The summed E-state index contributed by atoms with van der Waals surface area (Å²) in [6.07, 6.45) is 1.65. The minimum atomic E-state index is -0.573. The number of urea groups is 1. The number of para-hydroxylation sites is 1. The molecule has 1 heterocycles. The molecule has 9 heteroatoms. The van der Waals surface area contributed by atoms with Crippen molar-refractivity contribution in [3.8, 4) is 28.7 Å². The topological polar surface area (TPSA) is 90.9 Å². The number of aryl methyl sites for hydroxylation is 1. The molecular formula is C27H26FN3O5. The van der Waals surface area contributed by atoms with E-state index in [1.165, 1.54) is 19.2 Å². The van der Waals surface area contributed by atoms with Crippen molar-refractivity contribution in [2.24, 2.45) is 0 Å². The molecule has 0 aliphatic heterocycles. The molecule has 0 saturated carbocycles. The molecule has 0 unspecified atom stereocenters. The molecule has 0 aliphatic carbocycles.